The van der Waals surface area contributed by atoms with Crippen LogP contribution in [-0.2, 0) is 0 Å². The van der Waals surface area contributed by atoms with E-state index in [1.54, 1.807) is 0 Å². The molecule has 0 radical (unpaired) electrons. The van der Waals surface area contributed by atoms with Gasteiger partial charge in [0.25, 0.3) is 0 Å². The predicted molar refractivity (Wildman–Crippen MR) is 215 cm³/mol. The number of allylic oxidation sites excluding steroid dienone is 1. The van der Waals surface area contributed by atoms with Crippen LogP contribution in [0.3, 0.4) is 0 Å². The Bertz CT molecular complexity index is 2690. The first-order valence-corrected chi connectivity index (χ1v) is 17.5. The maximum atomic E-state index is 5.29. The molecule has 0 fully saturated rings. The van der Waals surface area contributed by atoms with Gasteiger partial charge < -0.3 is 0 Å². The summed E-state index contributed by atoms with van der Waals surface area (Å²) >= 11 is 0. The lowest BCUT2D eigenvalue weighted by Gasteiger charge is -2.16. The molecule has 1 aromatic heterocycles. The number of pyridine rings is 1. The summed E-state index contributed by atoms with van der Waals surface area (Å²) in [6.45, 7) is 4.44. The number of nitrogens with zero attached hydrogens (tertiary/aromatic N) is 3. The number of aliphatic imine (C=N–C) groups is 2. The number of hydrogen-bond acceptors (Lipinski definition) is 3. The fourth-order valence-electron chi connectivity index (χ4n) is 7.29. The first-order valence-electron chi connectivity index (χ1n) is 17.5. The van der Waals surface area contributed by atoms with Crippen LogP contribution in [0.2, 0.25) is 0 Å². The van der Waals surface area contributed by atoms with E-state index in [1.807, 2.05) is 24.3 Å². The minimum Gasteiger partial charge on any atom is -0.247 e. The molecule has 0 spiro atoms. The molecule has 0 aliphatic carbocycles. The van der Waals surface area contributed by atoms with Crippen LogP contribution in [0.15, 0.2) is 185 Å². The summed E-state index contributed by atoms with van der Waals surface area (Å²) < 4.78 is 0. The summed E-state index contributed by atoms with van der Waals surface area (Å²) in [5, 5.41) is 5.94. The van der Waals surface area contributed by atoms with E-state index in [0.29, 0.717) is 0 Å². The second-order valence-electron chi connectivity index (χ2n) is 13.3. The predicted octanol–water partition coefficient (Wildman–Crippen LogP) is 12.2. The molecule has 0 amide bonds. The summed E-state index contributed by atoms with van der Waals surface area (Å²) in [5.41, 5.74) is 11.9. The Kier molecular flexibility index (Phi) is 7.67. The van der Waals surface area contributed by atoms with Crippen molar-refractivity contribution < 1.29 is 0 Å². The van der Waals surface area contributed by atoms with Crippen molar-refractivity contribution in [3.63, 3.8) is 0 Å². The van der Waals surface area contributed by atoms with Gasteiger partial charge in [0.05, 0.1) is 22.6 Å². The zero-order chi connectivity index (χ0) is 34.3. The summed E-state index contributed by atoms with van der Waals surface area (Å²) in [6.07, 6.45) is 0. The van der Waals surface area contributed by atoms with Crippen LogP contribution >= 0.6 is 0 Å². The highest BCUT2D eigenvalue weighted by Gasteiger charge is 2.24. The number of aromatic nitrogens is 1. The van der Waals surface area contributed by atoms with Crippen molar-refractivity contribution in [2.45, 2.75) is 13.8 Å². The number of fused-ring (bicyclic) bond motifs is 4. The van der Waals surface area contributed by atoms with Crippen LogP contribution in [0, 0.1) is 5.92 Å². The van der Waals surface area contributed by atoms with Crippen LogP contribution in [0.25, 0.3) is 60.5 Å². The van der Waals surface area contributed by atoms with Gasteiger partial charge in [0.1, 0.15) is 0 Å². The van der Waals surface area contributed by atoms with E-state index in [2.05, 4.69) is 159 Å². The molecular formula is C48H35N3. The van der Waals surface area contributed by atoms with Crippen molar-refractivity contribution in [1.82, 2.24) is 4.98 Å². The third-order valence-corrected chi connectivity index (χ3v) is 10.2. The van der Waals surface area contributed by atoms with Gasteiger partial charge in [-0.15, -0.1) is 0 Å². The minimum atomic E-state index is 0.0853. The van der Waals surface area contributed by atoms with Crippen LogP contribution < -0.4 is 0 Å². The Morgan fingerprint density at radius 3 is 1.75 bits per heavy atom. The minimum absolute atomic E-state index is 0.0853. The first kappa shape index (κ1) is 30.6. The van der Waals surface area contributed by atoms with Crippen LogP contribution in [-0.4, -0.2) is 16.5 Å². The molecule has 2 heterocycles. The van der Waals surface area contributed by atoms with E-state index < -0.39 is 0 Å². The Hall–Kier alpha value is -6.45. The standard InChI is InChI=1S/C48H35N3/c1-31-32(2)46(51-48(37-15-7-4-8-16-37)50-45(31)35-13-5-3-6-14-35)39-28-24-34-23-27-38(29-40(34)30-39)33-21-25-36(26-22-33)47-43-19-10-9-17-41(43)42-18-11-12-20-44(42)49-47/h3-31H,1-2H3. The molecule has 1 unspecified atom stereocenters. The third-order valence-electron chi connectivity index (χ3n) is 10.2. The summed E-state index contributed by atoms with van der Waals surface area (Å²) in [4.78, 5) is 15.6. The molecule has 3 nitrogen and oxygen atoms in total. The second-order valence-corrected chi connectivity index (χ2v) is 13.3. The van der Waals surface area contributed by atoms with E-state index in [9.17, 15) is 0 Å². The van der Waals surface area contributed by atoms with Crippen molar-refractivity contribution in [3.05, 3.63) is 192 Å². The summed E-state index contributed by atoms with van der Waals surface area (Å²) in [6, 6.07) is 60.0. The van der Waals surface area contributed by atoms with Crippen molar-refractivity contribution in [3.8, 4) is 22.4 Å². The number of para-hydroxylation sites is 1. The highest BCUT2D eigenvalue weighted by atomic mass is 15.0. The van der Waals surface area contributed by atoms with E-state index >= 15 is 0 Å². The Morgan fingerprint density at radius 2 is 1.00 bits per heavy atom. The third kappa shape index (κ3) is 5.63. The van der Waals surface area contributed by atoms with Gasteiger partial charge in [0.2, 0.25) is 0 Å². The van der Waals surface area contributed by atoms with Crippen molar-refractivity contribution in [2.75, 3.05) is 0 Å². The average molecular weight is 654 g/mol. The van der Waals surface area contributed by atoms with Gasteiger partial charge >= 0.3 is 0 Å². The molecular weight excluding hydrogens is 619 g/mol. The van der Waals surface area contributed by atoms with Crippen LogP contribution in [0.1, 0.15) is 30.5 Å². The maximum absolute atomic E-state index is 5.29. The van der Waals surface area contributed by atoms with Gasteiger partial charge in [-0.1, -0.05) is 159 Å². The molecule has 1 aliphatic rings. The Morgan fingerprint density at radius 1 is 0.431 bits per heavy atom. The zero-order valence-corrected chi connectivity index (χ0v) is 28.6. The quantitative estimate of drug-likeness (QED) is 0.170. The number of amidine groups is 1. The molecule has 7 aromatic carbocycles. The topological polar surface area (TPSA) is 37.6 Å². The lowest BCUT2D eigenvalue weighted by Crippen LogP contribution is -2.15. The Balaban J connectivity index is 1.10. The van der Waals surface area contributed by atoms with Gasteiger partial charge in [-0.3, -0.25) is 0 Å². The van der Waals surface area contributed by atoms with E-state index in [4.69, 9.17) is 15.0 Å². The van der Waals surface area contributed by atoms with Gasteiger partial charge in [-0.05, 0) is 63.5 Å². The molecule has 0 saturated carbocycles. The van der Waals surface area contributed by atoms with Crippen molar-refractivity contribution >= 4 is 49.7 Å². The number of rotatable bonds is 5. The van der Waals surface area contributed by atoms with Gasteiger partial charge in [-0.2, -0.15) is 0 Å². The van der Waals surface area contributed by atoms with Crippen molar-refractivity contribution in [1.29, 1.82) is 0 Å². The number of hydrogen-bond donors (Lipinski definition) is 0. The number of benzene rings is 7. The van der Waals surface area contributed by atoms with Crippen LogP contribution in [0.4, 0.5) is 0 Å². The van der Waals surface area contributed by atoms with Gasteiger partial charge in [0, 0.05) is 33.4 Å². The normalized spacial score (nSPS) is 14.8. The highest BCUT2D eigenvalue weighted by Crippen LogP contribution is 2.36. The molecule has 9 rings (SSSR count). The lowest BCUT2D eigenvalue weighted by molar-refractivity contribution is 0.919. The zero-order valence-electron chi connectivity index (χ0n) is 28.6. The summed E-state index contributed by atoms with van der Waals surface area (Å²) in [5.74, 6) is 0.817. The largest absolute Gasteiger partial charge is 0.247 e. The highest BCUT2D eigenvalue weighted by molar-refractivity contribution is 6.17. The fourth-order valence-corrected chi connectivity index (χ4v) is 7.29. The second kappa shape index (κ2) is 12.8. The molecule has 0 bridgehead atoms. The molecule has 0 N–H and O–H groups in total. The van der Waals surface area contributed by atoms with Gasteiger partial charge in [0.15, 0.2) is 5.84 Å². The SMILES string of the molecule is CC1=C(c2ccc3ccc(-c4ccc(-c5nc6ccccc6c6ccccc56)cc4)cc3c2)N=C(c2ccccc2)N=C(c2ccccc2)C1C. The molecule has 0 saturated heterocycles. The lowest BCUT2D eigenvalue weighted by atomic mass is 9.89. The molecule has 8 aromatic rings. The van der Waals surface area contributed by atoms with Crippen molar-refractivity contribution in [2.24, 2.45) is 15.9 Å². The monoisotopic (exact) mass is 653 g/mol. The van der Waals surface area contributed by atoms with Crippen LogP contribution in [0.5, 0.6) is 0 Å². The molecule has 242 valence electrons. The molecule has 51 heavy (non-hydrogen) atoms. The molecule has 1 aliphatic heterocycles. The van der Waals surface area contributed by atoms with Gasteiger partial charge in [-0.25, -0.2) is 15.0 Å². The fraction of sp³-hybridized carbons (Fsp3) is 0.0625. The maximum Gasteiger partial charge on any atom is 0.160 e. The van der Waals surface area contributed by atoms with E-state index in [1.165, 1.54) is 43.6 Å². The van der Waals surface area contributed by atoms with E-state index in [0.717, 1.165) is 50.7 Å². The summed E-state index contributed by atoms with van der Waals surface area (Å²) in [7, 11) is 0. The Labute approximate surface area is 298 Å². The molecule has 3 heteroatoms. The average Bonchev–Trinajstić information content (AvgIpc) is 3.33. The first-order chi connectivity index (χ1) is 25.1. The molecule has 1 atom stereocenters. The van der Waals surface area contributed by atoms with E-state index in [-0.39, 0.29) is 5.92 Å². The smallest absolute Gasteiger partial charge is 0.160 e.